The summed E-state index contributed by atoms with van der Waals surface area (Å²) in [6.07, 6.45) is 1.61. The molecule has 0 aliphatic carbocycles. The summed E-state index contributed by atoms with van der Waals surface area (Å²) in [6.45, 7) is 7.33. The van der Waals surface area contributed by atoms with Crippen molar-refractivity contribution in [3.8, 4) is 0 Å². The number of hydrogen-bond donors (Lipinski definition) is 0. The van der Waals surface area contributed by atoms with Crippen molar-refractivity contribution in [1.82, 2.24) is 9.80 Å². The van der Waals surface area contributed by atoms with Gasteiger partial charge in [0.05, 0.1) is 42.9 Å². The molecule has 0 bridgehead atoms. The molecule has 204 valence electrons. The van der Waals surface area contributed by atoms with E-state index in [1.807, 2.05) is 48.4 Å². The van der Waals surface area contributed by atoms with Crippen LogP contribution in [0.3, 0.4) is 0 Å². The topological polar surface area (TPSA) is 97.7 Å². The highest BCUT2D eigenvalue weighted by atomic mass is 32.2. The molecule has 0 saturated carbocycles. The van der Waals surface area contributed by atoms with Gasteiger partial charge < -0.3 is 24.0 Å². The molecule has 0 spiro atoms. The SMILES string of the molecule is CCOC(=O)[C@H]1CCCN(C(=O)CC2=CSC3=NC(C)=C(C(=O)OCCOC)[C@@H](c4ccc(C)cc4)N23)C1. The monoisotopic (exact) mass is 541 g/mol. The maximum atomic E-state index is 13.4. The fourth-order valence-corrected chi connectivity index (χ4v) is 5.88. The molecule has 0 unspecified atom stereocenters. The van der Waals surface area contributed by atoms with Crippen molar-refractivity contribution >= 4 is 34.8 Å². The van der Waals surface area contributed by atoms with E-state index >= 15 is 0 Å². The summed E-state index contributed by atoms with van der Waals surface area (Å²) in [5.41, 5.74) is 3.80. The number of benzene rings is 1. The first-order chi connectivity index (χ1) is 18.3. The molecule has 1 aromatic carbocycles. The molecule has 1 saturated heterocycles. The van der Waals surface area contributed by atoms with Gasteiger partial charge in [-0.05, 0) is 44.6 Å². The van der Waals surface area contributed by atoms with Gasteiger partial charge in [-0.1, -0.05) is 41.6 Å². The molecule has 38 heavy (non-hydrogen) atoms. The van der Waals surface area contributed by atoms with Crippen LogP contribution in [0.5, 0.6) is 0 Å². The summed E-state index contributed by atoms with van der Waals surface area (Å²) in [5.74, 6) is -1.07. The van der Waals surface area contributed by atoms with Crippen LogP contribution in [0.2, 0.25) is 0 Å². The third-order valence-corrected chi connectivity index (χ3v) is 7.75. The number of methoxy groups -OCH3 is 1. The van der Waals surface area contributed by atoms with Gasteiger partial charge in [0, 0.05) is 25.9 Å². The molecule has 0 N–H and O–H groups in total. The van der Waals surface area contributed by atoms with Gasteiger partial charge in [-0.15, -0.1) is 0 Å². The molecule has 4 rings (SSSR count). The number of fused-ring (bicyclic) bond motifs is 1. The first kappa shape index (κ1) is 27.9. The number of amidine groups is 1. The number of ether oxygens (including phenoxy) is 3. The summed E-state index contributed by atoms with van der Waals surface area (Å²) < 4.78 is 15.8. The Morgan fingerprint density at radius 3 is 2.58 bits per heavy atom. The number of nitrogens with zero attached hydrogens (tertiary/aromatic N) is 3. The highest BCUT2D eigenvalue weighted by Crippen LogP contribution is 2.45. The standard InChI is InChI=1S/C28H35N3O6S/c1-5-36-26(33)21-7-6-12-30(16-21)23(32)15-22-17-38-28-29-19(3)24(27(34)37-14-13-35-4)25(31(22)28)20-10-8-18(2)9-11-20/h8-11,17,21,25H,5-7,12-16H2,1-4H3/t21-,25+/m0/s1. The van der Waals surface area contributed by atoms with E-state index in [2.05, 4.69) is 0 Å². The number of likely N-dealkylation sites (tertiary alicyclic amines) is 1. The van der Waals surface area contributed by atoms with Crippen LogP contribution in [0.25, 0.3) is 0 Å². The molecule has 3 aliphatic heterocycles. The fraction of sp³-hybridized carbons (Fsp3) is 0.500. The molecule has 9 nitrogen and oxygen atoms in total. The van der Waals surface area contributed by atoms with Crippen molar-refractivity contribution in [3.05, 3.63) is 57.8 Å². The van der Waals surface area contributed by atoms with E-state index in [9.17, 15) is 14.4 Å². The van der Waals surface area contributed by atoms with Crippen molar-refractivity contribution in [2.45, 2.75) is 46.1 Å². The largest absolute Gasteiger partial charge is 0.466 e. The van der Waals surface area contributed by atoms with E-state index in [1.54, 1.807) is 18.9 Å². The summed E-state index contributed by atoms with van der Waals surface area (Å²) in [7, 11) is 1.55. The fourth-order valence-electron chi connectivity index (χ4n) is 4.91. The average molecular weight is 542 g/mol. The molecule has 2 atom stereocenters. The summed E-state index contributed by atoms with van der Waals surface area (Å²) in [4.78, 5) is 47.4. The van der Waals surface area contributed by atoms with Crippen LogP contribution in [-0.2, 0) is 28.6 Å². The van der Waals surface area contributed by atoms with Crippen molar-refractivity contribution < 1.29 is 28.6 Å². The molecule has 3 heterocycles. The lowest BCUT2D eigenvalue weighted by Crippen LogP contribution is -2.44. The van der Waals surface area contributed by atoms with E-state index in [4.69, 9.17) is 19.2 Å². The van der Waals surface area contributed by atoms with Crippen molar-refractivity contribution in [2.75, 3.05) is 40.0 Å². The van der Waals surface area contributed by atoms with Crippen LogP contribution in [0, 0.1) is 12.8 Å². The van der Waals surface area contributed by atoms with Crippen molar-refractivity contribution in [2.24, 2.45) is 10.9 Å². The molecule has 10 heteroatoms. The third-order valence-electron chi connectivity index (χ3n) is 6.86. The number of piperidine rings is 1. The Kier molecular flexibility index (Phi) is 9.27. The first-order valence-corrected chi connectivity index (χ1v) is 13.8. The second-order valence-corrected chi connectivity index (χ2v) is 10.4. The number of carbonyl (C=O) groups is 3. The molecular weight excluding hydrogens is 506 g/mol. The minimum Gasteiger partial charge on any atom is -0.466 e. The first-order valence-electron chi connectivity index (χ1n) is 13.0. The van der Waals surface area contributed by atoms with E-state index in [1.165, 1.54) is 11.8 Å². The Bertz CT molecular complexity index is 1160. The van der Waals surface area contributed by atoms with Gasteiger partial charge >= 0.3 is 11.9 Å². The van der Waals surface area contributed by atoms with E-state index in [0.29, 0.717) is 42.7 Å². The number of rotatable bonds is 9. The van der Waals surface area contributed by atoms with Crippen LogP contribution in [0.1, 0.15) is 50.3 Å². The molecular formula is C28H35N3O6S. The van der Waals surface area contributed by atoms with Crippen LogP contribution < -0.4 is 0 Å². The normalized spacial score (nSPS) is 21.1. The average Bonchev–Trinajstić information content (AvgIpc) is 3.30. The highest BCUT2D eigenvalue weighted by Gasteiger charge is 2.41. The maximum absolute atomic E-state index is 13.4. The highest BCUT2D eigenvalue weighted by molar-refractivity contribution is 8.16. The zero-order chi connectivity index (χ0) is 27.2. The predicted octanol–water partition coefficient (Wildman–Crippen LogP) is 3.95. The van der Waals surface area contributed by atoms with Crippen LogP contribution in [-0.4, -0.2) is 72.8 Å². The van der Waals surface area contributed by atoms with Gasteiger partial charge in [-0.25, -0.2) is 9.79 Å². The van der Waals surface area contributed by atoms with Crippen molar-refractivity contribution in [1.29, 1.82) is 0 Å². The third kappa shape index (κ3) is 6.13. The van der Waals surface area contributed by atoms with Gasteiger partial charge in [0.15, 0.2) is 5.17 Å². The Balaban J connectivity index is 1.58. The van der Waals surface area contributed by atoms with Crippen LogP contribution in [0.4, 0.5) is 0 Å². The number of amides is 1. The molecule has 1 amide bonds. The van der Waals surface area contributed by atoms with Crippen LogP contribution >= 0.6 is 11.8 Å². The minimum atomic E-state index is -0.485. The Labute approximate surface area is 227 Å². The summed E-state index contributed by atoms with van der Waals surface area (Å²) in [5, 5.41) is 2.64. The minimum absolute atomic E-state index is 0.0646. The zero-order valence-electron chi connectivity index (χ0n) is 22.4. The Morgan fingerprint density at radius 2 is 1.87 bits per heavy atom. The van der Waals surface area contributed by atoms with Gasteiger partial charge in [0.1, 0.15) is 6.61 Å². The quantitative estimate of drug-likeness (QED) is 0.342. The predicted molar refractivity (Wildman–Crippen MR) is 145 cm³/mol. The van der Waals surface area contributed by atoms with E-state index < -0.39 is 12.0 Å². The number of aryl methyl sites for hydroxylation is 1. The molecule has 0 aromatic heterocycles. The molecule has 0 radical (unpaired) electrons. The summed E-state index contributed by atoms with van der Waals surface area (Å²) >= 11 is 1.44. The number of allylic oxidation sites excluding steroid dienone is 1. The van der Waals surface area contributed by atoms with Gasteiger partial charge in [-0.3, -0.25) is 9.59 Å². The second-order valence-electron chi connectivity index (χ2n) is 9.54. The van der Waals surface area contributed by atoms with Crippen molar-refractivity contribution in [3.63, 3.8) is 0 Å². The number of esters is 2. The van der Waals surface area contributed by atoms with Crippen LogP contribution in [0.15, 0.2) is 51.6 Å². The van der Waals surface area contributed by atoms with Gasteiger partial charge in [0.25, 0.3) is 0 Å². The molecule has 1 fully saturated rings. The number of thioether (sulfide) groups is 1. The number of aliphatic imine (C=N–C) groups is 1. The lowest BCUT2D eigenvalue weighted by Gasteiger charge is -2.37. The van der Waals surface area contributed by atoms with Gasteiger partial charge in [-0.2, -0.15) is 0 Å². The molecule has 1 aromatic rings. The smallest absolute Gasteiger partial charge is 0.338 e. The maximum Gasteiger partial charge on any atom is 0.338 e. The number of carbonyl (C=O) groups excluding carboxylic acids is 3. The van der Waals surface area contributed by atoms with Gasteiger partial charge in [0.2, 0.25) is 5.91 Å². The Hall–Kier alpha value is -3.11. The zero-order valence-corrected chi connectivity index (χ0v) is 23.2. The molecule has 3 aliphatic rings. The summed E-state index contributed by atoms with van der Waals surface area (Å²) in [6, 6.07) is 7.52. The lowest BCUT2D eigenvalue weighted by atomic mass is 9.93. The van der Waals surface area contributed by atoms with E-state index in [-0.39, 0.29) is 30.8 Å². The number of hydrogen-bond acceptors (Lipinski definition) is 9. The Morgan fingerprint density at radius 1 is 1.11 bits per heavy atom. The van der Waals surface area contributed by atoms with E-state index in [0.717, 1.165) is 29.7 Å². The lowest BCUT2D eigenvalue weighted by molar-refractivity contribution is -0.151. The second kappa shape index (κ2) is 12.6.